The standard InChI is InChI=1S/C26H32N2O7S/c1-33-22-9-11-23(12-10-22)36(31,32)28(13-15-29)14-16-34-25-18-20(19-5-3-2-4-6-19)17-24(35-25)26(30)27-21-7-8-21/h2-6,9-12,17,20-21,25,29H,7-8,13-16,18H2,1H3,(H,27,30)/t20-,25+/m1/s1. The first-order valence-electron chi connectivity index (χ1n) is 12.0. The molecule has 4 rings (SSSR count). The fraction of sp³-hybridized carbons (Fsp3) is 0.423. The van der Waals surface area contributed by atoms with Crippen LogP contribution < -0.4 is 10.1 Å². The van der Waals surface area contributed by atoms with Gasteiger partial charge in [-0.2, -0.15) is 4.31 Å². The average Bonchev–Trinajstić information content (AvgIpc) is 3.72. The van der Waals surface area contributed by atoms with Crippen LogP contribution in [0.5, 0.6) is 5.75 Å². The molecule has 1 aliphatic carbocycles. The molecule has 9 nitrogen and oxygen atoms in total. The van der Waals surface area contributed by atoms with E-state index in [2.05, 4.69) is 5.32 Å². The molecule has 0 aromatic heterocycles. The highest BCUT2D eigenvalue weighted by Gasteiger charge is 2.32. The lowest BCUT2D eigenvalue weighted by molar-refractivity contribution is -0.146. The second-order valence-electron chi connectivity index (χ2n) is 8.75. The van der Waals surface area contributed by atoms with Gasteiger partial charge in [-0.05, 0) is 48.7 Å². The van der Waals surface area contributed by atoms with Crippen molar-refractivity contribution in [1.82, 2.24) is 9.62 Å². The van der Waals surface area contributed by atoms with E-state index in [0.717, 1.165) is 18.4 Å². The van der Waals surface area contributed by atoms with Crippen molar-refractivity contribution in [2.24, 2.45) is 0 Å². The average molecular weight is 517 g/mol. The van der Waals surface area contributed by atoms with Crippen molar-refractivity contribution >= 4 is 15.9 Å². The number of aliphatic hydroxyl groups excluding tert-OH is 1. The van der Waals surface area contributed by atoms with Crippen LogP contribution in [0.2, 0.25) is 0 Å². The summed E-state index contributed by atoms with van der Waals surface area (Å²) in [4.78, 5) is 12.8. The molecule has 36 heavy (non-hydrogen) atoms. The highest BCUT2D eigenvalue weighted by Crippen LogP contribution is 2.32. The van der Waals surface area contributed by atoms with Gasteiger partial charge in [-0.1, -0.05) is 30.3 Å². The summed E-state index contributed by atoms with van der Waals surface area (Å²) < 4.78 is 44.3. The van der Waals surface area contributed by atoms with Crippen molar-refractivity contribution in [3.8, 4) is 5.75 Å². The molecule has 1 saturated carbocycles. The molecule has 1 fully saturated rings. The van der Waals surface area contributed by atoms with Gasteiger partial charge in [0.05, 0.1) is 25.2 Å². The fourth-order valence-corrected chi connectivity index (χ4v) is 5.40. The summed E-state index contributed by atoms with van der Waals surface area (Å²) in [5.74, 6) is 0.408. The van der Waals surface area contributed by atoms with Gasteiger partial charge < -0.3 is 24.6 Å². The Bertz CT molecular complexity index is 1150. The summed E-state index contributed by atoms with van der Waals surface area (Å²) in [5, 5.41) is 12.4. The number of benzene rings is 2. The number of nitrogens with zero attached hydrogens (tertiary/aromatic N) is 1. The number of hydrogen-bond donors (Lipinski definition) is 2. The molecule has 0 unspecified atom stereocenters. The van der Waals surface area contributed by atoms with Crippen LogP contribution in [0.1, 0.15) is 30.7 Å². The summed E-state index contributed by atoms with van der Waals surface area (Å²) in [6.45, 7) is -0.373. The van der Waals surface area contributed by atoms with E-state index >= 15 is 0 Å². The van der Waals surface area contributed by atoms with E-state index in [4.69, 9.17) is 14.2 Å². The van der Waals surface area contributed by atoms with Crippen LogP contribution >= 0.6 is 0 Å². The molecule has 1 amide bonds. The number of carbonyl (C=O) groups excluding carboxylic acids is 1. The Morgan fingerprint density at radius 1 is 1.11 bits per heavy atom. The molecule has 0 spiro atoms. The molecule has 2 aromatic carbocycles. The predicted molar refractivity (Wildman–Crippen MR) is 133 cm³/mol. The van der Waals surface area contributed by atoms with Gasteiger partial charge in [-0.3, -0.25) is 4.79 Å². The van der Waals surface area contributed by atoms with Gasteiger partial charge in [0.1, 0.15) is 5.75 Å². The Hall–Kier alpha value is -2.92. The highest BCUT2D eigenvalue weighted by atomic mass is 32.2. The number of sulfonamides is 1. The van der Waals surface area contributed by atoms with Crippen LogP contribution in [0.25, 0.3) is 0 Å². The van der Waals surface area contributed by atoms with Crippen LogP contribution in [0.3, 0.4) is 0 Å². The first-order chi connectivity index (χ1) is 17.4. The van der Waals surface area contributed by atoms with E-state index in [-0.39, 0.29) is 54.8 Å². The Kier molecular flexibility index (Phi) is 8.63. The van der Waals surface area contributed by atoms with Gasteiger partial charge in [0.2, 0.25) is 16.3 Å². The minimum absolute atomic E-state index is 0.0120. The second-order valence-corrected chi connectivity index (χ2v) is 10.7. The Morgan fingerprint density at radius 2 is 1.83 bits per heavy atom. The van der Waals surface area contributed by atoms with E-state index in [1.54, 1.807) is 12.1 Å². The molecule has 1 aliphatic heterocycles. The maximum Gasteiger partial charge on any atom is 0.286 e. The third-order valence-electron chi connectivity index (χ3n) is 6.11. The van der Waals surface area contributed by atoms with E-state index in [1.807, 2.05) is 36.4 Å². The number of allylic oxidation sites excluding steroid dienone is 1. The molecule has 2 N–H and O–H groups in total. The zero-order valence-corrected chi connectivity index (χ0v) is 21.0. The third kappa shape index (κ3) is 6.64. The van der Waals surface area contributed by atoms with Gasteiger partial charge in [0, 0.05) is 31.5 Å². The van der Waals surface area contributed by atoms with Crippen molar-refractivity contribution < 1.29 is 32.5 Å². The van der Waals surface area contributed by atoms with Crippen LogP contribution in [0, 0.1) is 0 Å². The minimum Gasteiger partial charge on any atom is -0.497 e. The topological polar surface area (TPSA) is 114 Å². The summed E-state index contributed by atoms with van der Waals surface area (Å²) in [6, 6.07) is 16.0. The van der Waals surface area contributed by atoms with Crippen LogP contribution in [0.15, 0.2) is 71.3 Å². The van der Waals surface area contributed by atoms with Gasteiger partial charge in [0.15, 0.2) is 5.76 Å². The number of rotatable bonds is 12. The number of carbonyl (C=O) groups is 1. The predicted octanol–water partition coefficient (Wildman–Crippen LogP) is 2.39. The lowest BCUT2D eigenvalue weighted by Crippen LogP contribution is -2.38. The largest absolute Gasteiger partial charge is 0.497 e. The zero-order valence-electron chi connectivity index (χ0n) is 20.2. The highest BCUT2D eigenvalue weighted by molar-refractivity contribution is 7.89. The lowest BCUT2D eigenvalue weighted by atomic mass is 9.93. The Morgan fingerprint density at radius 3 is 2.47 bits per heavy atom. The summed E-state index contributed by atoms with van der Waals surface area (Å²) in [5.41, 5.74) is 1.04. The number of methoxy groups -OCH3 is 1. The molecule has 1 heterocycles. The van der Waals surface area contributed by atoms with Crippen molar-refractivity contribution in [1.29, 1.82) is 0 Å². The third-order valence-corrected chi connectivity index (χ3v) is 8.03. The van der Waals surface area contributed by atoms with Crippen LogP contribution in [0.4, 0.5) is 0 Å². The number of hydrogen-bond acceptors (Lipinski definition) is 7. The zero-order chi connectivity index (χ0) is 25.5. The SMILES string of the molecule is COc1ccc(S(=O)(=O)N(CCO)CCO[C@@H]2C[C@H](c3ccccc3)C=C(C(=O)NC3CC3)O2)cc1. The van der Waals surface area contributed by atoms with E-state index in [9.17, 15) is 18.3 Å². The molecule has 0 bridgehead atoms. The molecule has 194 valence electrons. The second kappa shape index (κ2) is 11.9. The first-order valence-corrected chi connectivity index (χ1v) is 13.5. The molecule has 10 heteroatoms. The Balaban J connectivity index is 1.42. The van der Waals surface area contributed by atoms with Gasteiger partial charge >= 0.3 is 0 Å². The van der Waals surface area contributed by atoms with Crippen LogP contribution in [-0.4, -0.2) is 69.5 Å². The van der Waals surface area contributed by atoms with E-state index < -0.39 is 16.3 Å². The quantitative estimate of drug-likeness (QED) is 0.445. The molecule has 2 aliphatic rings. The van der Waals surface area contributed by atoms with Gasteiger partial charge in [-0.15, -0.1) is 0 Å². The number of amides is 1. The van der Waals surface area contributed by atoms with Gasteiger partial charge in [-0.25, -0.2) is 8.42 Å². The van der Waals surface area contributed by atoms with Gasteiger partial charge in [0.25, 0.3) is 5.91 Å². The molecule has 0 radical (unpaired) electrons. The first kappa shape index (κ1) is 26.2. The number of ether oxygens (including phenoxy) is 3. The monoisotopic (exact) mass is 516 g/mol. The summed E-state index contributed by atoms with van der Waals surface area (Å²) >= 11 is 0. The molecule has 2 atom stereocenters. The summed E-state index contributed by atoms with van der Waals surface area (Å²) in [7, 11) is -2.35. The molecular formula is C26H32N2O7S. The van der Waals surface area contributed by atoms with Crippen molar-refractivity contribution in [2.75, 3.05) is 33.4 Å². The number of aliphatic hydroxyl groups is 1. The van der Waals surface area contributed by atoms with Crippen molar-refractivity contribution in [3.63, 3.8) is 0 Å². The van der Waals surface area contributed by atoms with E-state index in [0.29, 0.717) is 12.2 Å². The maximum atomic E-state index is 13.1. The van der Waals surface area contributed by atoms with Crippen molar-refractivity contribution in [3.05, 3.63) is 72.0 Å². The molecule has 0 saturated heterocycles. The molecule has 2 aromatic rings. The normalized spacial score (nSPS) is 19.9. The van der Waals surface area contributed by atoms with Crippen LogP contribution in [-0.2, 0) is 24.3 Å². The maximum absolute atomic E-state index is 13.1. The summed E-state index contributed by atoms with van der Waals surface area (Å²) in [6.07, 6.45) is 3.50. The number of nitrogens with one attached hydrogen (secondary N) is 1. The van der Waals surface area contributed by atoms with Crippen molar-refractivity contribution in [2.45, 2.75) is 42.4 Å². The lowest BCUT2D eigenvalue weighted by Gasteiger charge is -2.30. The van der Waals surface area contributed by atoms with E-state index in [1.165, 1.54) is 23.5 Å². The minimum atomic E-state index is -3.85. The smallest absolute Gasteiger partial charge is 0.286 e. The fourth-order valence-electron chi connectivity index (χ4n) is 3.98. The molecular weight excluding hydrogens is 484 g/mol. The Labute approximate surface area is 211 Å².